The molecule has 1 atom stereocenters. The van der Waals surface area contributed by atoms with Crippen molar-refractivity contribution in [1.29, 1.82) is 0 Å². The number of likely N-dealkylation sites (N-methyl/N-ethyl adjacent to an activating group) is 1. The molecule has 4 heterocycles. The Morgan fingerprint density at radius 1 is 1.18 bits per heavy atom. The Morgan fingerprint density at radius 3 is 2.82 bits per heavy atom. The minimum absolute atomic E-state index is 0.00883. The molecule has 0 saturated carbocycles. The summed E-state index contributed by atoms with van der Waals surface area (Å²) in [6.07, 6.45) is 2.32. The topological polar surface area (TPSA) is 91.3 Å². The van der Waals surface area contributed by atoms with Gasteiger partial charge in [-0.2, -0.15) is 9.97 Å². The van der Waals surface area contributed by atoms with Gasteiger partial charge < -0.3 is 24.4 Å². The van der Waals surface area contributed by atoms with Crippen molar-refractivity contribution in [3.63, 3.8) is 0 Å². The molecule has 10 heteroatoms. The number of nitrogens with zero attached hydrogens (tertiary/aromatic N) is 5. The number of halogens is 1. The summed E-state index contributed by atoms with van der Waals surface area (Å²) in [6, 6.07) is 6.73. The van der Waals surface area contributed by atoms with Gasteiger partial charge in [0.1, 0.15) is 29.6 Å². The summed E-state index contributed by atoms with van der Waals surface area (Å²) in [5.74, 6) is -0.0627. The van der Waals surface area contributed by atoms with Crippen molar-refractivity contribution in [3.8, 4) is 11.8 Å². The first kappa shape index (κ1) is 24.8. The summed E-state index contributed by atoms with van der Waals surface area (Å²) >= 11 is 0. The van der Waals surface area contributed by atoms with E-state index >= 15 is 0 Å². The van der Waals surface area contributed by atoms with E-state index in [1.807, 2.05) is 6.92 Å². The second kappa shape index (κ2) is 9.99. The number of aromatic nitrogens is 2. The number of benzene rings is 2. The number of aryl methyl sites for hydroxylation is 1. The number of carbonyl (C=O) groups is 1. The van der Waals surface area contributed by atoms with Gasteiger partial charge in [0.15, 0.2) is 0 Å². The van der Waals surface area contributed by atoms with Crippen LogP contribution in [0.5, 0.6) is 11.8 Å². The van der Waals surface area contributed by atoms with Gasteiger partial charge in [0.2, 0.25) is 0 Å². The van der Waals surface area contributed by atoms with E-state index in [1.165, 1.54) is 12.1 Å². The minimum Gasteiger partial charge on any atom is -0.508 e. The molecule has 0 spiro atoms. The number of anilines is 2. The van der Waals surface area contributed by atoms with Crippen molar-refractivity contribution in [3.05, 3.63) is 46.9 Å². The minimum atomic E-state index is -0.335. The molecular formula is C28H32FN5O4. The number of hydrogen-bond acceptors (Lipinski definition) is 8. The van der Waals surface area contributed by atoms with Gasteiger partial charge in [-0.25, -0.2) is 4.39 Å². The molecule has 38 heavy (non-hydrogen) atoms. The molecule has 1 unspecified atom stereocenters. The number of rotatable bonds is 6. The molecule has 2 aromatic carbocycles. The van der Waals surface area contributed by atoms with E-state index in [-0.39, 0.29) is 30.0 Å². The summed E-state index contributed by atoms with van der Waals surface area (Å²) in [6.45, 7) is 6.06. The average Bonchev–Trinajstić information content (AvgIpc) is 3.06. The van der Waals surface area contributed by atoms with E-state index < -0.39 is 0 Å². The van der Waals surface area contributed by atoms with Crippen molar-refractivity contribution < 1.29 is 23.8 Å². The largest absolute Gasteiger partial charge is 0.508 e. The molecular weight excluding hydrogens is 489 g/mol. The van der Waals surface area contributed by atoms with Gasteiger partial charge in [0.25, 0.3) is 5.91 Å². The number of likely N-dealkylation sites (tertiary alicyclic amines) is 1. The quantitative estimate of drug-likeness (QED) is 0.527. The van der Waals surface area contributed by atoms with Crippen LogP contribution in [0.15, 0.2) is 24.3 Å². The zero-order chi connectivity index (χ0) is 26.4. The molecule has 1 aromatic heterocycles. The van der Waals surface area contributed by atoms with Gasteiger partial charge in [-0.1, -0.05) is 13.0 Å². The van der Waals surface area contributed by atoms with Crippen molar-refractivity contribution in [1.82, 2.24) is 14.9 Å². The summed E-state index contributed by atoms with van der Waals surface area (Å²) in [5, 5.41) is 11.8. The van der Waals surface area contributed by atoms with E-state index in [0.29, 0.717) is 84.5 Å². The third-order valence-corrected chi connectivity index (χ3v) is 7.85. The number of fused-ring (bicyclic) bond motifs is 2. The molecule has 9 nitrogen and oxygen atoms in total. The van der Waals surface area contributed by atoms with Crippen LogP contribution in [0.25, 0.3) is 10.8 Å². The summed E-state index contributed by atoms with van der Waals surface area (Å²) in [5.41, 5.74) is 1.95. The molecule has 1 amide bonds. The van der Waals surface area contributed by atoms with Gasteiger partial charge in [-0.3, -0.25) is 9.69 Å². The molecule has 3 aliphatic rings. The van der Waals surface area contributed by atoms with Gasteiger partial charge in [0, 0.05) is 37.2 Å². The lowest BCUT2D eigenvalue weighted by atomic mass is 9.99. The normalized spacial score (nSPS) is 20.0. The number of phenolic OH excluding ortho intramolecular Hbond substituents is 1. The van der Waals surface area contributed by atoms with Crippen LogP contribution in [0, 0.1) is 5.82 Å². The Labute approximate surface area is 220 Å². The van der Waals surface area contributed by atoms with Gasteiger partial charge in [-0.15, -0.1) is 0 Å². The zero-order valence-electron chi connectivity index (χ0n) is 21.7. The van der Waals surface area contributed by atoms with Crippen LogP contribution in [0.3, 0.4) is 0 Å². The summed E-state index contributed by atoms with van der Waals surface area (Å²) < 4.78 is 26.5. The number of ether oxygens (including phenoxy) is 2. The van der Waals surface area contributed by atoms with Crippen molar-refractivity contribution in [2.75, 3.05) is 56.3 Å². The third kappa shape index (κ3) is 4.31. The second-order valence-electron chi connectivity index (χ2n) is 10.2. The van der Waals surface area contributed by atoms with E-state index in [1.54, 1.807) is 17.0 Å². The lowest BCUT2D eigenvalue weighted by Gasteiger charge is -2.37. The maximum atomic E-state index is 14.8. The van der Waals surface area contributed by atoms with Crippen molar-refractivity contribution >= 4 is 28.2 Å². The van der Waals surface area contributed by atoms with Crippen molar-refractivity contribution in [2.24, 2.45) is 0 Å². The first-order valence-electron chi connectivity index (χ1n) is 13.3. The first-order chi connectivity index (χ1) is 18.4. The van der Waals surface area contributed by atoms with Crippen LogP contribution in [-0.4, -0.2) is 78.4 Å². The summed E-state index contributed by atoms with van der Waals surface area (Å²) in [4.78, 5) is 29.3. The van der Waals surface area contributed by atoms with Crippen LogP contribution >= 0.6 is 0 Å². The highest BCUT2D eigenvalue weighted by atomic mass is 19.1. The molecule has 3 aliphatic heterocycles. The van der Waals surface area contributed by atoms with Gasteiger partial charge >= 0.3 is 6.01 Å². The predicted octanol–water partition coefficient (Wildman–Crippen LogP) is 3.51. The number of phenols is 1. The van der Waals surface area contributed by atoms with E-state index in [4.69, 9.17) is 14.5 Å². The van der Waals surface area contributed by atoms with Crippen LogP contribution in [0.1, 0.15) is 41.4 Å². The Balaban J connectivity index is 1.43. The molecule has 3 aromatic rings. The van der Waals surface area contributed by atoms with Gasteiger partial charge in [-0.05, 0) is 55.9 Å². The van der Waals surface area contributed by atoms with Crippen molar-refractivity contribution in [2.45, 2.75) is 38.8 Å². The second-order valence-corrected chi connectivity index (χ2v) is 10.2. The molecule has 0 bridgehead atoms. The molecule has 2 saturated heterocycles. The number of amides is 1. The Bertz CT molecular complexity index is 1390. The number of carbonyl (C=O) groups excluding carboxylic acids is 1. The highest BCUT2D eigenvalue weighted by Crippen LogP contribution is 2.41. The molecule has 0 aliphatic carbocycles. The highest BCUT2D eigenvalue weighted by molar-refractivity contribution is 6.16. The SMILES string of the molecule is CCc1c(F)ccc2cc(O)cc(N3Cc4nc(OCC5CCN5C)nc(N5CCCOCC5)c4C3=O)c12. The Morgan fingerprint density at radius 2 is 2.05 bits per heavy atom. The van der Waals surface area contributed by atoms with E-state index in [2.05, 4.69) is 21.8 Å². The highest BCUT2D eigenvalue weighted by Gasteiger charge is 2.37. The predicted molar refractivity (Wildman–Crippen MR) is 142 cm³/mol. The molecule has 2 fully saturated rings. The molecule has 6 rings (SSSR count). The van der Waals surface area contributed by atoms with E-state index in [0.717, 1.165) is 19.4 Å². The maximum Gasteiger partial charge on any atom is 0.318 e. The Hall–Kier alpha value is -3.50. The van der Waals surface area contributed by atoms with E-state index in [9.17, 15) is 14.3 Å². The smallest absolute Gasteiger partial charge is 0.318 e. The zero-order valence-corrected chi connectivity index (χ0v) is 21.7. The Kier molecular flexibility index (Phi) is 6.53. The standard InChI is InChI=1S/C28H32FN5O4/c1-3-20-21(29)6-5-17-13-19(35)14-23(24(17)20)34-15-22-25(27(34)36)26(33-8-4-11-37-12-10-33)31-28(30-22)38-16-18-7-9-32(18)2/h5-6,13-14,18,35H,3-4,7-12,15-16H2,1-2H3. The molecule has 1 N–H and O–H groups in total. The maximum absolute atomic E-state index is 14.8. The lowest BCUT2D eigenvalue weighted by molar-refractivity contribution is 0.0729. The van der Waals surface area contributed by atoms with Crippen LogP contribution < -0.4 is 14.5 Å². The fourth-order valence-electron chi connectivity index (χ4n) is 5.59. The third-order valence-electron chi connectivity index (χ3n) is 7.85. The fraction of sp³-hybridized carbons (Fsp3) is 0.464. The lowest BCUT2D eigenvalue weighted by Crippen LogP contribution is -2.48. The average molecular weight is 522 g/mol. The van der Waals surface area contributed by atoms with Crippen LogP contribution in [0.2, 0.25) is 0 Å². The molecule has 200 valence electrons. The number of hydrogen-bond donors (Lipinski definition) is 1. The monoisotopic (exact) mass is 521 g/mol. The van der Waals surface area contributed by atoms with Crippen LogP contribution in [0.4, 0.5) is 15.9 Å². The summed E-state index contributed by atoms with van der Waals surface area (Å²) in [7, 11) is 2.06. The van der Waals surface area contributed by atoms with Gasteiger partial charge in [0.05, 0.1) is 24.5 Å². The fourth-order valence-corrected chi connectivity index (χ4v) is 5.59. The number of aromatic hydroxyl groups is 1. The van der Waals surface area contributed by atoms with Crippen LogP contribution in [-0.2, 0) is 17.7 Å². The molecule has 0 radical (unpaired) electrons. The first-order valence-corrected chi connectivity index (χ1v) is 13.3.